The van der Waals surface area contributed by atoms with Crippen molar-refractivity contribution in [3.63, 3.8) is 0 Å². The van der Waals surface area contributed by atoms with Crippen LogP contribution in [0.25, 0.3) is 0 Å². The maximum Gasteiger partial charge on any atom is 0.411 e. The molecule has 0 aliphatic heterocycles. The predicted molar refractivity (Wildman–Crippen MR) is 59.1 cm³/mol. The lowest BCUT2D eigenvalue weighted by atomic mass is 9.83. The van der Waals surface area contributed by atoms with Crippen molar-refractivity contribution in [3.05, 3.63) is 35.6 Å². The fourth-order valence-electron chi connectivity index (χ4n) is 1.57. The standard InChI is InChI=1S/C12H14F4O3/c13-10-3-1-9(2-4-10)11(5-17,6-18)7-19-8-12(14,15)16/h1-4,17-18H,5-8H2. The van der Waals surface area contributed by atoms with Gasteiger partial charge in [-0.15, -0.1) is 0 Å². The molecule has 1 aromatic carbocycles. The van der Waals surface area contributed by atoms with Gasteiger partial charge in [-0.2, -0.15) is 13.2 Å². The molecule has 0 atom stereocenters. The summed E-state index contributed by atoms with van der Waals surface area (Å²) in [5.74, 6) is -0.523. The maximum atomic E-state index is 12.8. The molecule has 7 heteroatoms. The lowest BCUT2D eigenvalue weighted by molar-refractivity contribution is -0.180. The van der Waals surface area contributed by atoms with Gasteiger partial charge in [0.25, 0.3) is 0 Å². The first-order chi connectivity index (χ1) is 8.83. The molecule has 0 radical (unpaired) electrons. The second-order valence-electron chi connectivity index (χ2n) is 4.21. The van der Waals surface area contributed by atoms with Crippen molar-refractivity contribution < 1.29 is 32.5 Å². The first-order valence-electron chi connectivity index (χ1n) is 5.45. The van der Waals surface area contributed by atoms with E-state index in [0.717, 1.165) is 12.1 Å². The molecule has 0 heterocycles. The number of halogens is 4. The van der Waals surface area contributed by atoms with Crippen LogP contribution in [0.15, 0.2) is 24.3 Å². The average Bonchev–Trinajstić information content (AvgIpc) is 2.35. The smallest absolute Gasteiger partial charge is 0.395 e. The van der Waals surface area contributed by atoms with Crippen LogP contribution in [0.3, 0.4) is 0 Å². The quantitative estimate of drug-likeness (QED) is 0.780. The largest absolute Gasteiger partial charge is 0.411 e. The molecule has 1 aromatic rings. The Kier molecular flexibility index (Phi) is 5.28. The SMILES string of the molecule is OCC(CO)(COCC(F)(F)F)c1ccc(F)cc1. The number of alkyl halides is 3. The van der Waals surface area contributed by atoms with E-state index in [0.29, 0.717) is 5.56 Å². The molecule has 0 aliphatic carbocycles. The molecule has 0 saturated carbocycles. The van der Waals surface area contributed by atoms with E-state index in [4.69, 9.17) is 0 Å². The van der Waals surface area contributed by atoms with E-state index in [1.165, 1.54) is 12.1 Å². The Morgan fingerprint density at radius 2 is 1.47 bits per heavy atom. The minimum absolute atomic E-state index is 0.307. The molecule has 1 rings (SSSR count). The Morgan fingerprint density at radius 1 is 0.947 bits per heavy atom. The van der Waals surface area contributed by atoms with E-state index in [1.54, 1.807) is 0 Å². The topological polar surface area (TPSA) is 49.7 Å². The highest BCUT2D eigenvalue weighted by molar-refractivity contribution is 5.26. The van der Waals surface area contributed by atoms with E-state index in [1.807, 2.05) is 0 Å². The number of rotatable bonds is 6. The summed E-state index contributed by atoms with van der Waals surface area (Å²) in [5, 5.41) is 18.6. The van der Waals surface area contributed by atoms with Crippen LogP contribution in [0.5, 0.6) is 0 Å². The Bertz CT molecular complexity index is 385. The van der Waals surface area contributed by atoms with Gasteiger partial charge in [-0.1, -0.05) is 12.1 Å². The summed E-state index contributed by atoms with van der Waals surface area (Å²) in [6.45, 7) is -3.24. The number of aliphatic hydroxyl groups is 2. The van der Waals surface area contributed by atoms with Crippen LogP contribution < -0.4 is 0 Å². The molecule has 3 nitrogen and oxygen atoms in total. The fraction of sp³-hybridized carbons (Fsp3) is 0.500. The summed E-state index contributed by atoms with van der Waals surface area (Å²) in [7, 11) is 0. The van der Waals surface area contributed by atoms with E-state index in [-0.39, 0.29) is 0 Å². The maximum absolute atomic E-state index is 12.8. The zero-order valence-electron chi connectivity index (χ0n) is 9.95. The van der Waals surface area contributed by atoms with Gasteiger partial charge in [0.2, 0.25) is 0 Å². The van der Waals surface area contributed by atoms with E-state index < -0.39 is 43.8 Å². The van der Waals surface area contributed by atoms with Crippen molar-refractivity contribution in [2.75, 3.05) is 26.4 Å². The van der Waals surface area contributed by atoms with Gasteiger partial charge in [0.1, 0.15) is 12.4 Å². The third-order valence-electron chi connectivity index (χ3n) is 2.71. The highest BCUT2D eigenvalue weighted by Gasteiger charge is 2.34. The van der Waals surface area contributed by atoms with Gasteiger partial charge >= 0.3 is 6.18 Å². The number of ether oxygens (including phenoxy) is 1. The van der Waals surface area contributed by atoms with E-state index in [2.05, 4.69) is 4.74 Å². The van der Waals surface area contributed by atoms with Crippen LogP contribution in [0.4, 0.5) is 17.6 Å². The van der Waals surface area contributed by atoms with Crippen LogP contribution in [-0.2, 0) is 10.2 Å². The molecule has 0 aliphatic rings. The van der Waals surface area contributed by atoms with Gasteiger partial charge in [0, 0.05) is 0 Å². The van der Waals surface area contributed by atoms with Crippen LogP contribution in [0.1, 0.15) is 5.56 Å². The minimum atomic E-state index is -4.49. The van der Waals surface area contributed by atoms with Crippen LogP contribution >= 0.6 is 0 Å². The predicted octanol–water partition coefficient (Wildman–Crippen LogP) is 1.63. The summed E-state index contributed by atoms with van der Waals surface area (Å²) in [6.07, 6.45) is -4.49. The minimum Gasteiger partial charge on any atom is -0.395 e. The Morgan fingerprint density at radius 3 is 1.89 bits per heavy atom. The molecule has 0 bridgehead atoms. The Labute approximate surface area is 107 Å². The monoisotopic (exact) mass is 282 g/mol. The van der Waals surface area contributed by atoms with Gasteiger partial charge in [0.05, 0.1) is 25.2 Å². The van der Waals surface area contributed by atoms with Gasteiger partial charge in [-0.25, -0.2) is 4.39 Å². The molecular formula is C12H14F4O3. The number of benzene rings is 1. The molecule has 0 aromatic heterocycles. The van der Waals surface area contributed by atoms with Crippen LogP contribution in [0, 0.1) is 5.82 Å². The fourth-order valence-corrected chi connectivity index (χ4v) is 1.57. The molecule has 108 valence electrons. The van der Waals surface area contributed by atoms with Crippen LogP contribution in [-0.4, -0.2) is 42.8 Å². The third kappa shape index (κ3) is 4.45. The number of hydrogen-bond donors (Lipinski definition) is 2. The molecule has 2 N–H and O–H groups in total. The van der Waals surface area contributed by atoms with E-state index >= 15 is 0 Å². The highest BCUT2D eigenvalue weighted by atomic mass is 19.4. The zero-order valence-corrected chi connectivity index (χ0v) is 9.95. The highest BCUT2D eigenvalue weighted by Crippen LogP contribution is 2.25. The molecule has 0 amide bonds. The van der Waals surface area contributed by atoms with E-state index in [9.17, 15) is 27.8 Å². The second kappa shape index (κ2) is 6.31. The molecular weight excluding hydrogens is 268 g/mol. The third-order valence-corrected chi connectivity index (χ3v) is 2.71. The molecule has 0 unspecified atom stereocenters. The lowest BCUT2D eigenvalue weighted by Gasteiger charge is -2.30. The van der Waals surface area contributed by atoms with Crippen molar-refractivity contribution >= 4 is 0 Å². The van der Waals surface area contributed by atoms with Gasteiger partial charge in [-0.3, -0.25) is 0 Å². The summed E-state index contributed by atoms with van der Waals surface area (Å²) in [4.78, 5) is 0. The van der Waals surface area contributed by atoms with Crippen molar-refractivity contribution in [1.82, 2.24) is 0 Å². The van der Waals surface area contributed by atoms with Crippen molar-refractivity contribution in [3.8, 4) is 0 Å². The second-order valence-corrected chi connectivity index (χ2v) is 4.21. The average molecular weight is 282 g/mol. The molecule has 0 saturated heterocycles. The first kappa shape index (κ1) is 15.9. The summed E-state index contributed by atoms with van der Waals surface area (Å²) in [5.41, 5.74) is -1.08. The Balaban J connectivity index is 2.82. The lowest BCUT2D eigenvalue weighted by Crippen LogP contribution is -2.40. The van der Waals surface area contributed by atoms with Crippen molar-refractivity contribution in [2.24, 2.45) is 0 Å². The zero-order chi connectivity index (χ0) is 14.5. The van der Waals surface area contributed by atoms with Crippen molar-refractivity contribution in [2.45, 2.75) is 11.6 Å². The molecule has 19 heavy (non-hydrogen) atoms. The summed E-state index contributed by atoms with van der Waals surface area (Å²) in [6, 6.07) is 4.77. The Hall–Kier alpha value is -1.18. The normalized spacial score (nSPS) is 12.7. The van der Waals surface area contributed by atoms with Crippen molar-refractivity contribution in [1.29, 1.82) is 0 Å². The van der Waals surface area contributed by atoms with Gasteiger partial charge in [0.15, 0.2) is 0 Å². The molecule has 0 spiro atoms. The summed E-state index contributed by atoms with van der Waals surface area (Å²) >= 11 is 0. The van der Waals surface area contributed by atoms with Gasteiger partial charge in [-0.05, 0) is 17.7 Å². The summed E-state index contributed by atoms with van der Waals surface area (Å²) < 4.78 is 53.3. The number of hydrogen-bond acceptors (Lipinski definition) is 3. The van der Waals surface area contributed by atoms with Crippen LogP contribution in [0.2, 0.25) is 0 Å². The molecule has 0 fully saturated rings. The first-order valence-corrected chi connectivity index (χ1v) is 5.45. The number of aliphatic hydroxyl groups excluding tert-OH is 2. The van der Waals surface area contributed by atoms with Gasteiger partial charge < -0.3 is 14.9 Å².